The van der Waals surface area contributed by atoms with E-state index in [0.29, 0.717) is 29.7 Å². The quantitative estimate of drug-likeness (QED) is 0.321. The van der Waals surface area contributed by atoms with Crippen LogP contribution in [0.25, 0.3) is 16.9 Å². The molecule has 43 heavy (non-hydrogen) atoms. The molecule has 228 valence electrons. The van der Waals surface area contributed by atoms with Gasteiger partial charge in [-0.25, -0.2) is 9.18 Å². The number of likely N-dealkylation sites (N-methyl/N-ethyl adjacent to an activating group) is 1. The number of phenols is 1. The molecule has 5 rings (SSSR count). The number of fused-ring (bicyclic) bond motifs is 3. The van der Waals surface area contributed by atoms with Crippen LogP contribution in [0.1, 0.15) is 24.0 Å². The van der Waals surface area contributed by atoms with Crippen LogP contribution in [0.15, 0.2) is 53.3 Å². The predicted octanol–water partition coefficient (Wildman–Crippen LogP) is 3.62. The molecule has 2 aromatic rings. The van der Waals surface area contributed by atoms with Crippen molar-refractivity contribution in [2.45, 2.75) is 30.9 Å². The summed E-state index contributed by atoms with van der Waals surface area (Å²) >= 11 is 0. The van der Waals surface area contributed by atoms with Gasteiger partial charge < -0.3 is 30.5 Å². The summed E-state index contributed by atoms with van der Waals surface area (Å²) in [5.74, 6) is -3.20. The van der Waals surface area contributed by atoms with Gasteiger partial charge in [-0.2, -0.15) is 0 Å². The van der Waals surface area contributed by atoms with E-state index in [1.54, 1.807) is 49.3 Å². The van der Waals surface area contributed by atoms with E-state index in [2.05, 4.69) is 5.32 Å². The average Bonchev–Trinajstić information content (AvgIpc) is 2.96. The number of methoxy groups -OCH3 is 1. The molecule has 0 aromatic heterocycles. The number of nitrogens with zero attached hydrogens (tertiary/aromatic N) is 1. The van der Waals surface area contributed by atoms with Crippen LogP contribution in [0.4, 0.5) is 14.9 Å². The number of rotatable bonds is 7. The van der Waals surface area contributed by atoms with Gasteiger partial charge in [0.05, 0.1) is 17.2 Å². The fraction of sp³-hybridized carbons (Fsp3) is 0.387. The van der Waals surface area contributed by atoms with Gasteiger partial charge in [0.25, 0.3) is 0 Å². The van der Waals surface area contributed by atoms with Gasteiger partial charge in [0, 0.05) is 30.7 Å². The molecule has 12 heteroatoms. The maximum absolute atomic E-state index is 14.3. The molecule has 0 aliphatic heterocycles. The number of anilines is 1. The van der Waals surface area contributed by atoms with E-state index in [-0.39, 0.29) is 47.0 Å². The van der Waals surface area contributed by atoms with Crippen molar-refractivity contribution in [3.63, 3.8) is 0 Å². The summed E-state index contributed by atoms with van der Waals surface area (Å²) in [4.78, 5) is 40.1. The maximum Gasteiger partial charge on any atom is 0.411 e. The number of carbonyl (C=O) groups excluding carboxylic acids is 3. The Hall–Kier alpha value is -4.42. The number of Topliss-reactive ketones (excluding diaryl/α,β-unsaturated/α-hetero) is 1. The minimum absolute atomic E-state index is 0.0985. The van der Waals surface area contributed by atoms with Crippen molar-refractivity contribution < 1.29 is 43.6 Å². The number of phenolic OH excluding ortho intramolecular Hbond substituents is 1. The Bertz CT molecular complexity index is 1550. The highest BCUT2D eigenvalue weighted by Gasteiger charge is 2.61. The smallest absolute Gasteiger partial charge is 0.411 e. The van der Waals surface area contributed by atoms with Crippen molar-refractivity contribution in [2.24, 2.45) is 17.6 Å². The number of alkyl halides is 1. The third-order valence-corrected chi connectivity index (χ3v) is 8.79. The number of ether oxygens (including phenoxy) is 2. The second kappa shape index (κ2) is 11.3. The van der Waals surface area contributed by atoms with Crippen molar-refractivity contribution in [2.75, 3.05) is 39.8 Å². The number of aromatic hydroxyl groups is 1. The predicted molar refractivity (Wildman–Crippen MR) is 155 cm³/mol. The van der Waals surface area contributed by atoms with Crippen LogP contribution in [0.3, 0.4) is 0 Å². The van der Waals surface area contributed by atoms with Crippen LogP contribution in [-0.2, 0) is 25.5 Å². The van der Waals surface area contributed by atoms with E-state index in [1.165, 1.54) is 13.2 Å². The Labute approximate surface area is 247 Å². The van der Waals surface area contributed by atoms with Gasteiger partial charge in [-0.1, -0.05) is 18.2 Å². The Kier molecular flexibility index (Phi) is 7.93. The Balaban J connectivity index is 1.57. The highest BCUT2D eigenvalue weighted by Crippen LogP contribution is 2.55. The topological polar surface area (TPSA) is 172 Å². The first-order valence-electron chi connectivity index (χ1n) is 13.8. The zero-order valence-corrected chi connectivity index (χ0v) is 24.0. The molecule has 1 saturated carbocycles. The largest absolute Gasteiger partial charge is 0.510 e. The Morgan fingerprint density at radius 3 is 2.44 bits per heavy atom. The number of hydrogen-bond acceptors (Lipinski definition) is 9. The number of amides is 2. The monoisotopic (exact) mass is 595 g/mol. The van der Waals surface area contributed by atoms with Crippen molar-refractivity contribution in [1.82, 2.24) is 4.90 Å². The molecule has 3 aliphatic carbocycles. The number of nitrogens with two attached hydrogens (primary N) is 1. The number of hydrogen-bond donors (Lipinski definition) is 5. The van der Waals surface area contributed by atoms with Crippen LogP contribution < -0.4 is 11.1 Å². The molecule has 6 N–H and O–H groups in total. The highest BCUT2D eigenvalue weighted by molar-refractivity contribution is 6.11. The zero-order chi connectivity index (χ0) is 31.2. The van der Waals surface area contributed by atoms with Gasteiger partial charge >= 0.3 is 6.09 Å². The first-order chi connectivity index (χ1) is 20.4. The van der Waals surface area contributed by atoms with Gasteiger partial charge in [0.1, 0.15) is 36.2 Å². The average molecular weight is 596 g/mol. The van der Waals surface area contributed by atoms with E-state index in [0.717, 1.165) is 5.56 Å². The third kappa shape index (κ3) is 4.90. The standard InChI is InChI=1S/C31H34FN3O8/c1-35(2)25-21-13-16-12-19-18(15-4-6-17(7-5-15)34-30(41)43-11-10-32)8-9-22(36)24(19)27(38)23(16)28(39)31(21,42-3)14-20(26(25)37)29(33)40/h4-9,16,21,25,36-38H,10-14H2,1-3H3,(H2,33,40)(H,34,41)/t16-,21-,25+,31-/m0/s1. The van der Waals surface area contributed by atoms with Gasteiger partial charge in [-0.3, -0.25) is 19.8 Å². The fourth-order valence-corrected chi connectivity index (χ4v) is 6.92. The number of benzene rings is 2. The number of carbonyl (C=O) groups is 3. The summed E-state index contributed by atoms with van der Waals surface area (Å²) < 4.78 is 22.9. The van der Waals surface area contributed by atoms with Gasteiger partial charge in [-0.05, 0) is 67.7 Å². The number of nitrogens with one attached hydrogen (secondary N) is 1. The molecule has 3 aliphatic rings. The molecule has 0 unspecified atom stereocenters. The summed E-state index contributed by atoms with van der Waals surface area (Å²) in [6, 6.07) is 9.17. The molecule has 0 radical (unpaired) electrons. The highest BCUT2D eigenvalue weighted by atomic mass is 19.1. The van der Waals surface area contributed by atoms with Crippen LogP contribution in [0.5, 0.6) is 5.75 Å². The molecule has 4 atom stereocenters. The third-order valence-electron chi connectivity index (χ3n) is 8.79. The molecule has 2 amide bonds. The van der Waals surface area contributed by atoms with Crippen LogP contribution in [0, 0.1) is 11.8 Å². The van der Waals surface area contributed by atoms with Gasteiger partial charge in [-0.15, -0.1) is 0 Å². The molecule has 11 nitrogen and oxygen atoms in total. The second-order valence-corrected chi connectivity index (χ2v) is 11.3. The Morgan fingerprint density at radius 1 is 1.14 bits per heavy atom. The summed E-state index contributed by atoms with van der Waals surface area (Å²) in [6.07, 6.45) is -0.408. The van der Waals surface area contributed by atoms with Crippen LogP contribution in [-0.4, -0.2) is 84.1 Å². The molecule has 0 saturated heterocycles. The summed E-state index contributed by atoms with van der Waals surface area (Å²) in [7, 11) is 4.82. The normalized spacial score (nSPS) is 24.8. The minimum atomic E-state index is -1.57. The fourth-order valence-electron chi connectivity index (χ4n) is 6.92. The molecule has 0 spiro atoms. The lowest BCUT2D eigenvalue weighted by atomic mass is 9.57. The number of halogens is 1. The van der Waals surface area contributed by atoms with E-state index in [4.69, 9.17) is 15.2 Å². The first-order valence-corrected chi connectivity index (χ1v) is 13.8. The Morgan fingerprint density at radius 2 is 1.84 bits per heavy atom. The molecule has 0 heterocycles. The van der Waals surface area contributed by atoms with Crippen molar-refractivity contribution in [3.8, 4) is 16.9 Å². The summed E-state index contributed by atoms with van der Waals surface area (Å²) in [5, 5.41) is 36.1. The maximum atomic E-state index is 14.3. The lowest BCUT2D eigenvalue weighted by molar-refractivity contribution is -0.157. The van der Waals surface area contributed by atoms with Crippen molar-refractivity contribution >= 4 is 29.2 Å². The van der Waals surface area contributed by atoms with Gasteiger partial charge in [0.2, 0.25) is 5.91 Å². The van der Waals surface area contributed by atoms with E-state index in [1.807, 2.05) is 0 Å². The lowest BCUT2D eigenvalue weighted by Gasteiger charge is -2.53. The number of aliphatic hydroxyl groups is 2. The van der Waals surface area contributed by atoms with Crippen molar-refractivity contribution in [3.05, 3.63) is 64.4 Å². The molecule has 1 fully saturated rings. The molecule has 2 aromatic carbocycles. The molecule has 0 bridgehead atoms. The SMILES string of the molecule is CO[C@@]12CC(C(N)=O)=C(O)[C@H](N(C)C)[C@@H]1C[C@@H]1Cc3c(-c4ccc(NC(=O)OCCF)cc4)ccc(O)c3C(O)=C1C2=O. The number of primary amides is 1. The molecular formula is C31H34FN3O8. The van der Waals surface area contributed by atoms with Crippen LogP contribution in [0.2, 0.25) is 0 Å². The van der Waals surface area contributed by atoms with Crippen molar-refractivity contribution in [1.29, 1.82) is 0 Å². The minimum Gasteiger partial charge on any atom is -0.510 e. The van der Waals surface area contributed by atoms with Gasteiger partial charge in [0.15, 0.2) is 5.78 Å². The van der Waals surface area contributed by atoms with E-state index in [9.17, 15) is 34.1 Å². The summed E-state index contributed by atoms with van der Waals surface area (Å²) in [5.41, 5.74) is 6.64. The second-order valence-electron chi connectivity index (χ2n) is 11.3. The number of ketones is 1. The lowest BCUT2D eigenvalue weighted by Crippen LogP contribution is -2.63. The van der Waals surface area contributed by atoms with E-state index < -0.39 is 47.9 Å². The first kappa shape index (κ1) is 30.1. The molecular weight excluding hydrogens is 561 g/mol. The van der Waals surface area contributed by atoms with E-state index >= 15 is 0 Å². The number of aliphatic hydroxyl groups excluding tert-OH is 2. The summed E-state index contributed by atoms with van der Waals surface area (Å²) in [6.45, 7) is -1.14. The zero-order valence-electron chi connectivity index (χ0n) is 24.0. The van der Waals surface area contributed by atoms with Crippen LogP contribution >= 0.6 is 0 Å².